The Hall–Kier alpha value is -1.78. The van der Waals surface area contributed by atoms with Gasteiger partial charge in [0.1, 0.15) is 0 Å². The van der Waals surface area contributed by atoms with Crippen LogP contribution in [0.25, 0.3) is 21.2 Å². The molecule has 5 rings (SSSR count). The highest BCUT2D eigenvalue weighted by Crippen LogP contribution is 2.47. The van der Waals surface area contributed by atoms with Crippen LogP contribution in [0.5, 0.6) is 0 Å². The normalized spacial score (nSPS) is 22.4. The second-order valence-electron chi connectivity index (χ2n) is 7.67. The number of hydrogen-bond donors (Lipinski definition) is 1. The summed E-state index contributed by atoms with van der Waals surface area (Å²) in [6.45, 7) is 0. The van der Waals surface area contributed by atoms with Crippen molar-refractivity contribution in [3.05, 3.63) is 54.1 Å². The highest BCUT2D eigenvalue weighted by Gasteiger charge is 2.34. The Labute approximate surface area is 167 Å². The highest BCUT2D eigenvalue weighted by atomic mass is 32.2. The molecule has 0 saturated heterocycles. The van der Waals surface area contributed by atoms with Gasteiger partial charge in [0.15, 0.2) is 0 Å². The van der Waals surface area contributed by atoms with Crippen LogP contribution < -0.4 is 0 Å². The molecule has 0 bridgehead atoms. The number of carbonyl (C=O) groups is 1. The fourth-order valence-corrected chi connectivity index (χ4v) is 7.07. The number of aliphatic carboxylic acids is 1. The highest BCUT2D eigenvalue weighted by molar-refractivity contribution is 8.01. The second kappa shape index (κ2) is 6.99. The van der Waals surface area contributed by atoms with Gasteiger partial charge in [-0.25, -0.2) is 0 Å². The number of benzene rings is 2. The van der Waals surface area contributed by atoms with Gasteiger partial charge in [0.05, 0.1) is 10.1 Å². The molecular formula is C23H22O2S2. The van der Waals surface area contributed by atoms with Crippen LogP contribution in [0.3, 0.4) is 0 Å². The lowest BCUT2D eigenvalue weighted by Gasteiger charge is -2.13. The van der Waals surface area contributed by atoms with E-state index in [1.54, 1.807) is 23.1 Å². The van der Waals surface area contributed by atoms with Crippen LogP contribution in [-0.2, 0) is 4.79 Å². The van der Waals surface area contributed by atoms with E-state index in [2.05, 4.69) is 48.5 Å². The number of rotatable bonds is 5. The molecule has 3 aromatic rings. The Morgan fingerprint density at radius 2 is 1.78 bits per heavy atom. The lowest BCUT2D eigenvalue weighted by molar-refractivity contribution is -0.141. The summed E-state index contributed by atoms with van der Waals surface area (Å²) in [5.41, 5.74) is 2.80. The minimum atomic E-state index is -0.636. The largest absolute Gasteiger partial charge is 0.481 e. The number of thiophene rings is 1. The molecule has 2 saturated carbocycles. The van der Waals surface area contributed by atoms with Crippen LogP contribution in [0.1, 0.15) is 43.6 Å². The molecule has 0 spiro atoms. The van der Waals surface area contributed by atoms with Crippen molar-refractivity contribution >= 4 is 39.8 Å². The smallest absolute Gasteiger partial charge is 0.307 e. The maximum absolute atomic E-state index is 11.5. The van der Waals surface area contributed by atoms with E-state index in [1.807, 2.05) is 0 Å². The third-order valence-corrected chi connectivity index (χ3v) is 8.55. The van der Waals surface area contributed by atoms with Gasteiger partial charge in [-0.15, -0.1) is 23.1 Å². The molecule has 138 valence electrons. The predicted octanol–water partition coefficient (Wildman–Crippen LogP) is 6.79. The molecular weight excluding hydrogens is 372 g/mol. The molecule has 0 radical (unpaired) electrons. The van der Waals surface area contributed by atoms with Crippen molar-refractivity contribution in [1.29, 1.82) is 0 Å². The summed E-state index contributed by atoms with van der Waals surface area (Å²) in [5.74, 6) is -0.0867. The summed E-state index contributed by atoms with van der Waals surface area (Å²) in [5, 5.41) is 12.4. The Morgan fingerprint density at radius 1 is 0.963 bits per heavy atom. The summed E-state index contributed by atoms with van der Waals surface area (Å²) < 4.78 is 1.23. The average Bonchev–Trinajstić information content (AvgIpc) is 3.23. The van der Waals surface area contributed by atoms with Gasteiger partial charge in [0, 0.05) is 10.1 Å². The standard InChI is InChI=1S/C23H22O2S2/c24-23(25)19-6-3-7-20(19)26-22-13-12-21(27-22)18-11-10-15(14-8-9-14)16-4-1-2-5-17(16)18/h1-2,4-5,10-14,19-20H,3,6-9H2,(H,24,25). The van der Waals surface area contributed by atoms with Crippen molar-refractivity contribution in [3.63, 3.8) is 0 Å². The molecule has 1 heterocycles. The molecule has 4 heteroatoms. The first-order valence-corrected chi connectivity index (χ1v) is 11.4. The van der Waals surface area contributed by atoms with Gasteiger partial charge in [0.2, 0.25) is 0 Å². The van der Waals surface area contributed by atoms with Crippen LogP contribution in [-0.4, -0.2) is 16.3 Å². The topological polar surface area (TPSA) is 37.3 Å². The quantitative estimate of drug-likeness (QED) is 0.517. The number of carboxylic acids is 1. The molecule has 2 aliphatic carbocycles. The van der Waals surface area contributed by atoms with E-state index in [0.29, 0.717) is 0 Å². The average molecular weight is 395 g/mol. The van der Waals surface area contributed by atoms with Crippen molar-refractivity contribution in [2.75, 3.05) is 0 Å². The van der Waals surface area contributed by atoms with Crippen LogP contribution in [0.15, 0.2) is 52.7 Å². The van der Waals surface area contributed by atoms with E-state index in [-0.39, 0.29) is 11.2 Å². The summed E-state index contributed by atoms with van der Waals surface area (Å²) in [6.07, 6.45) is 5.48. The molecule has 2 nitrogen and oxygen atoms in total. The zero-order chi connectivity index (χ0) is 18.4. The Bertz CT molecular complexity index is 1000. The Kier molecular flexibility index (Phi) is 4.49. The first-order valence-electron chi connectivity index (χ1n) is 9.72. The molecule has 0 amide bonds. The Morgan fingerprint density at radius 3 is 2.56 bits per heavy atom. The van der Waals surface area contributed by atoms with Crippen molar-refractivity contribution < 1.29 is 9.90 Å². The second-order valence-corrected chi connectivity index (χ2v) is 10.3. The summed E-state index contributed by atoms with van der Waals surface area (Å²) in [6, 6.07) is 17.7. The van der Waals surface area contributed by atoms with E-state index in [0.717, 1.165) is 25.2 Å². The first kappa shape index (κ1) is 17.3. The number of thioether (sulfide) groups is 1. The van der Waals surface area contributed by atoms with E-state index in [9.17, 15) is 9.90 Å². The van der Waals surface area contributed by atoms with Crippen LogP contribution in [0.2, 0.25) is 0 Å². The molecule has 2 fully saturated rings. The molecule has 1 aromatic heterocycles. The molecule has 2 aliphatic rings. The molecule has 2 atom stereocenters. The zero-order valence-electron chi connectivity index (χ0n) is 15.1. The number of carboxylic acid groups (broad SMARTS) is 1. The lowest BCUT2D eigenvalue weighted by atomic mass is 9.96. The number of fused-ring (bicyclic) bond motifs is 1. The van der Waals surface area contributed by atoms with E-state index < -0.39 is 5.97 Å². The third-order valence-electron chi connectivity index (χ3n) is 5.86. The Balaban J connectivity index is 1.46. The van der Waals surface area contributed by atoms with E-state index >= 15 is 0 Å². The number of hydrogen-bond acceptors (Lipinski definition) is 3. The van der Waals surface area contributed by atoms with Crippen molar-refractivity contribution in [2.45, 2.75) is 47.5 Å². The molecule has 2 aromatic carbocycles. The molecule has 1 N–H and O–H groups in total. The zero-order valence-corrected chi connectivity index (χ0v) is 16.7. The van der Waals surface area contributed by atoms with Gasteiger partial charge in [-0.1, -0.05) is 42.8 Å². The van der Waals surface area contributed by atoms with Crippen LogP contribution in [0.4, 0.5) is 0 Å². The molecule has 27 heavy (non-hydrogen) atoms. The van der Waals surface area contributed by atoms with Gasteiger partial charge in [-0.3, -0.25) is 4.79 Å². The van der Waals surface area contributed by atoms with Gasteiger partial charge < -0.3 is 5.11 Å². The first-order chi connectivity index (χ1) is 13.2. The van der Waals surface area contributed by atoms with Crippen molar-refractivity contribution in [3.8, 4) is 10.4 Å². The van der Waals surface area contributed by atoms with Crippen molar-refractivity contribution in [2.24, 2.45) is 5.92 Å². The monoisotopic (exact) mass is 394 g/mol. The maximum atomic E-state index is 11.5. The molecule has 0 aliphatic heterocycles. The van der Waals surface area contributed by atoms with E-state index in [4.69, 9.17) is 0 Å². The summed E-state index contributed by atoms with van der Waals surface area (Å²) in [4.78, 5) is 12.7. The molecule has 2 unspecified atom stereocenters. The van der Waals surface area contributed by atoms with Crippen molar-refractivity contribution in [1.82, 2.24) is 0 Å². The maximum Gasteiger partial charge on any atom is 0.307 e. The van der Waals surface area contributed by atoms with Gasteiger partial charge in [-0.2, -0.15) is 0 Å². The SMILES string of the molecule is O=C(O)C1CCCC1Sc1ccc(-c2ccc(C3CC3)c3ccccc23)s1. The van der Waals surface area contributed by atoms with E-state index in [1.165, 1.54) is 43.8 Å². The van der Waals surface area contributed by atoms with Crippen LogP contribution in [0, 0.1) is 5.92 Å². The summed E-state index contributed by atoms with van der Waals surface area (Å²) >= 11 is 3.57. The van der Waals surface area contributed by atoms with Gasteiger partial charge >= 0.3 is 5.97 Å². The van der Waals surface area contributed by atoms with Crippen LogP contribution >= 0.6 is 23.1 Å². The third kappa shape index (κ3) is 3.30. The minimum Gasteiger partial charge on any atom is -0.481 e. The summed E-state index contributed by atoms with van der Waals surface area (Å²) in [7, 11) is 0. The van der Waals surface area contributed by atoms with Gasteiger partial charge in [0.25, 0.3) is 0 Å². The fraction of sp³-hybridized carbons (Fsp3) is 0.348. The van der Waals surface area contributed by atoms with Gasteiger partial charge in [-0.05, 0) is 65.6 Å². The minimum absolute atomic E-state index is 0.195. The fourth-order valence-electron chi connectivity index (χ4n) is 4.31. The lowest BCUT2D eigenvalue weighted by Crippen LogP contribution is -2.19. The predicted molar refractivity (Wildman–Crippen MR) is 114 cm³/mol.